The number of alkyl halides is 2. The van der Waals surface area contributed by atoms with Crippen molar-refractivity contribution in [1.29, 1.82) is 5.26 Å². The van der Waals surface area contributed by atoms with Crippen molar-refractivity contribution in [2.75, 3.05) is 69.8 Å². The quantitative estimate of drug-likeness (QED) is 0.322. The van der Waals surface area contributed by atoms with Gasteiger partial charge in [-0.25, -0.2) is 9.78 Å². The van der Waals surface area contributed by atoms with Gasteiger partial charge >= 0.3 is 11.9 Å². The Labute approximate surface area is 294 Å². The lowest BCUT2D eigenvalue weighted by Gasteiger charge is -2.38. The standard InChI is InChI=1S/C33H47N9O.C3H4F2O2/c1-5-39(4)31-25(2)32(36-30(22-34)35-31)42(29-8-6-7-9-29)37-33(43)28-12-10-26(11-13-28)23-40-18-20-41(21-19-40)24-27-14-16-38(3)17-15-27;1-3(4,5)2(6)7/h5,10-13,27,29H,1,6-9,14-21,23-24H2,2-4H3,(H,37,43);1H3,(H,6,7). The molecule has 1 saturated carbocycles. The summed E-state index contributed by atoms with van der Waals surface area (Å²) in [5, 5.41) is 19.0. The number of amides is 1. The molecule has 272 valence electrons. The Morgan fingerprint density at radius 1 is 1.04 bits per heavy atom. The van der Waals surface area contributed by atoms with Gasteiger partial charge in [0.2, 0.25) is 5.82 Å². The number of halogens is 2. The Hall–Kier alpha value is -4.19. The van der Waals surface area contributed by atoms with Crippen molar-refractivity contribution < 1.29 is 23.5 Å². The van der Waals surface area contributed by atoms with E-state index >= 15 is 0 Å². The van der Waals surface area contributed by atoms with E-state index in [-0.39, 0.29) is 17.8 Å². The van der Waals surface area contributed by atoms with Gasteiger partial charge in [-0.15, -0.1) is 0 Å². The number of nitrogens with one attached hydrogen (secondary N) is 1. The average Bonchev–Trinajstić information content (AvgIpc) is 3.64. The normalized spacial score (nSPS) is 18.1. The molecule has 2 N–H and O–H groups in total. The maximum Gasteiger partial charge on any atom is 0.374 e. The molecule has 0 atom stereocenters. The molecule has 1 aromatic heterocycles. The molecule has 50 heavy (non-hydrogen) atoms. The van der Waals surface area contributed by atoms with E-state index in [9.17, 15) is 23.6 Å². The molecule has 1 amide bonds. The summed E-state index contributed by atoms with van der Waals surface area (Å²) >= 11 is 0. The summed E-state index contributed by atoms with van der Waals surface area (Å²) < 4.78 is 22.5. The van der Waals surface area contributed by atoms with Crippen molar-refractivity contribution in [2.45, 2.75) is 70.9 Å². The first-order chi connectivity index (χ1) is 23.8. The first-order valence-corrected chi connectivity index (χ1v) is 17.4. The van der Waals surface area contributed by atoms with Crippen molar-refractivity contribution >= 4 is 23.5 Å². The van der Waals surface area contributed by atoms with E-state index in [0.717, 1.165) is 69.9 Å². The minimum Gasteiger partial charge on any atom is -0.477 e. The molecular weight excluding hydrogens is 644 g/mol. The summed E-state index contributed by atoms with van der Waals surface area (Å²) in [7, 11) is 4.06. The number of piperidine rings is 1. The number of hydrogen-bond donors (Lipinski definition) is 2. The number of carboxylic acid groups (broad SMARTS) is 1. The van der Waals surface area contributed by atoms with Gasteiger partial charge in [0, 0.05) is 64.4 Å². The number of likely N-dealkylation sites (tertiary alicyclic amines) is 1. The second-order valence-electron chi connectivity index (χ2n) is 13.7. The number of anilines is 2. The lowest BCUT2D eigenvalue weighted by molar-refractivity contribution is -0.161. The highest BCUT2D eigenvalue weighted by Crippen LogP contribution is 2.31. The fourth-order valence-corrected chi connectivity index (χ4v) is 6.62. The molecule has 3 heterocycles. The summed E-state index contributed by atoms with van der Waals surface area (Å²) in [6.07, 6.45) is 8.37. The number of aromatic nitrogens is 2. The molecule has 14 heteroatoms. The Bertz CT molecular complexity index is 1490. The van der Waals surface area contributed by atoms with Gasteiger partial charge in [-0.2, -0.15) is 19.0 Å². The second kappa shape index (κ2) is 17.6. The molecule has 1 aromatic carbocycles. The predicted molar refractivity (Wildman–Crippen MR) is 189 cm³/mol. The van der Waals surface area contributed by atoms with Crippen molar-refractivity contribution in [3.8, 4) is 6.07 Å². The highest BCUT2D eigenvalue weighted by molar-refractivity contribution is 5.95. The van der Waals surface area contributed by atoms with Gasteiger partial charge in [-0.1, -0.05) is 31.6 Å². The Kier molecular flexibility index (Phi) is 13.6. The lowest BCUT2D eigenvalue weighted by Crippen LogP contribution is -2.49. The lowest BCUT2D eigenvalue weighted by atomic mass is 9.96. The highest BCUT2D eigenvalue weighted by atomic mass is 19.3. The molecule has 2 saturated heterocycles. The van der Waals surface area contributed by atoms with Crippen LogP contribution in [0.1, 0.15) is 72.8 Å². The zero-order chi connectivity index (χ0) is 36.4. The van der Waals surface area contributed by atoms with E-state index in [1.807, 2.05) is 31.1 Å². The molecule has 2 aliphatic heterocycles. The summed E-state index contributed by atoms with van der Waals surface area (Å²) in [5.74, 6) is -3.80. The van der Waals surface area contributed by atoms with Gasteiger partial charge in [0.25, 0.3) is 5.91 Å². The smallest absolute Gasteiger partial charge is 0.374 e. The van der Waals surface area contributed by atoms with E-state index in [0.29, 0.717) is 24.1 Å². The third kappa shape index (κ3) is 10.7. The number of carbonyl (C=O) groups excluding carboxylic acids is 1. The van der Waals surface area contributed by atoms with Gasteiger partial charge in [0.1, 0.15) is 11.9 Å². The molecule has 5 rings (SSSR count). The monoisotopic (exact) mass is 695 g/mol. The van der Waals surface area contributed by atoms with Gasteiger partial charge < -0.3 is 19.8 Å². The summed E-state index contributed by atoms with van der Waals surface area (Å²) in [5.41, 5.74) is 5.75. The van der Waals surface area contributed by atoms with Crippen LogP contribution in [0.25, 0.3) is 0 Å². The van der Waals surface area contributed by atoms with Crippen LogP contribution in [0.2, 0.25) is 0 Å². The number of carboxylic acids is 1. The number of nitrogens with zero attached hydrogens (tertiary/aromatic N) is 8. The average molecular weight is 696 g/mol. The first kappa shape index (κ1) is 38.6. The fourth-order valence-electron chi connectivity index (χ4n) is 6.62. The molecule has 2 aromatic rings. The number of hydrogen-bond acceptors (Lipinski definition) is 10. The Morgan fingerprint density at radius 2 is 1.60 bits per heavy atom. The first-order valence-electron chi connectivity index (χ1n) is 17.4. The van der Waals surface area contributed by atoms with Crippen LogP contribution in [0, 0.1) is 24.2 Å². The van der Waals surface area contributed by atoms with E-state index in [1.54, 1.807) is 11.1 Å². The largest absolute Gasteiger partial charge is 0.477 e. The minimum absolute atomic E-state index is 0.0635. The highest BCUT2D eigenvalue weighted by Gasteiger charge is 2.31. The number of carbonyl (C=O) groups is 2. The topological polar surface area (TPSA) is 132 Å². The minimum atomic E-state index is -3.58. The van der Waals surface area contributed by atoms with Gasteiger partial charge in [-0.05, 0) is 82.6 Å². The van der Waals surface area contributed by atoms with Crippen LogP contribution < -0.4 is 15.3 Å². The third-order valence-electron chi connectivity index (χ3n) is 9.76. The van der Waals surface area contributed by atoms with Crippen LogP contribution in [0.15, 0.2) is 37.0 Å². The van der Waals surface area contributed by atoms with Crippen LogP contribution in [-0.4, -0.2) is 114 Å². The van der Waals surface area contributed by atoms with Crippen molar-refractivity contribution in [1.82, 2.24) is 30.1 Å². The molecule has 1 aliphatic carbocycles. The van der Waals surface area contributed by atoms with E-state index in [4.69, 9.17) is 5.11 Å². The molecular formula is C36H51F2N9O3. The Morgan fingerprint density at radius 3 is 2.14 bits per heavy atom. The van der Waals surface area contributed by atoms with E-state index in [1.165, 1.54) is 38.0 Å². The van der Waals surface area contributed by atoms with Crippen LogP contribution in [0.3, 0.4) is 0 Å². The zero-order valence-electron chi connectivity index (χ0n) is 29.7. The van der Waals surface area contributed by atoms with Gasteiger partial charge in [0.05, 0.1) is 6.04 Å². The maximum atomic E-state index is 13.5. The molecule has 0 bridgehead atoms. The number of rotatable bonds is 11. The zero-order valence-corrected chi connectivity index (χ0v) is 29.7. The number of benzene rings is 1. The van der Waals surface area contributed by atoms with E-state index < -0.39 is 11.9 Å². The van der Waals surface area contributed by atoms with Crippen LogP contribution >= 0.6 is 0 Å². The number of nitriles is 1. The fraction of sp³-hybridized carbons (Fsp3) is 0.583. The molecule has 0 unspecified atom stereocenters. The number of piperazine rings is 1. The molecule has 0 spiro atoms. The van der Waals surface area contributed by atoms with Crippen LogP contribution in [0.5, 0.6) is 0 Å². The third-order valence-corrected chi connectivity index (χ3v) is 9.76. The molecule has 0 radical (unpaired) electrons. The molecule has 3 aliphatic rings. The van der Waals surface area contributed by atoms with Crippen LogP contribution in [-0.2, 0) is 11.3 Å². The molecule has 12 nitrogen and oxygen atoms in total. The predicted octanol–water partition coefficient (Wildman–Crippen LogP) is 4.52. The maximum absolute atomic E-state index is 13.5. The van der Waals surface area contributed by atoms with Crippen molar-refractivity contribution in [3.63, 3.8) is 0 Å². The number of aliphatic carboxylic acids is 1. The SMILES string of the molecule is C=CN(C)c1nc(C#N)nc(N(NC(=O)c2ccc(CN3CCN(CC4CCN(C)CC4)CC3)cc2)C2CCCC2)c1C.CC(F)(F)C(=O)O. The van der Waals surface area contributed by atoms with E-state index in [2.05, 4.69) is 61.9 Å². The summed E-state index contributed by atoms with van der Waals surface area (Å²) in [6, 6.07) is 10.1. The van der Waals surface area contributed by atoms with Crippen molar-refractivity contribution in [2.24, 2.45) is 5.92 Å². The molecule has 3 fully saturated rings. The van der Waals surface area contributed by atoms with Gasteiger partial charge in [-0.3, -0.25) is 20.1 Å². The van der Waals surface area contributed by atoms with Crippen molar-refractivity contribution in [3.05, 3.63) is 59.6 Å². The summed E-state index contributed by atoms with van der Waals surface area (Å²) in [4.78, 5) is 41.1. The number of hydrazine groups is 1. The van der Waals surface area contributed by atoms with Gasteiger partial charge in [0.15, 0.2) is 5.82 Å². The summed E-state index contributed by atoms with van der Waals surface area (Å²) in [6.45, 7) is 15.1. The Balaban J connectivity index is 0.000000727. The van der Waals surface area contributed by atoms with Crippen LogP contribution in [0.4, 0.5) is 20.4 Å². The second-order valence-corrected chi connectivity index (χ2v) is 13.7.